The number of carbonyl (C=O) groups excluding carboxylic acids is 1. The highest BCUT2D eigenvalue weighted by molar-refractivity contribution is 7.90. The van der Waals surface area contributed by atoms with Crippen molar-refractivity contribution in [3.8, 4) is 0 Å². The molecule has 1 fully saturated rings. The second kappa shape index (κ2) is 8.87. The third-order valence-electron chi connectivity index (χ3n) is 5.20. The summed E-state index contributed by atoms with van der Waals surface area (Å²) in [4.78, 5) is 13.0. The number of sulfone groups is 1. The number of hydrogen-bond donors (Lipinski definition) is 1. The maximum absolute atomic E-state index is 12.9. The van der Waals surface area contributed by atoms with Crippen molar-refractivity contribution in [3.63, 3.8) is 0 Å². The first-order valence-electron chi connectivity index (χ1n) is 9.80. The van der Waals surface area contributed by atoms with E-state index in [9.17, 15) is 21.6 Å². The number of hydrogen-bond acceptors (Lipinski definition) is 5. The van der Waals surface area contributed by atoms with Crippen LogP contribution in [0.25, 0.3) is 0 Å². The van der Waals surface area contributed by atoms with Crippen molar-refractivity contribution in [2.24, 2.45) is 0 Å². The molecule has 162 valence electrons. The predicted molar refractivity (Wildman–Crippen MR) is 114 cm³/mol. The topological polar surface area (TPSA) is 101 Å². The summed E-state index contributed by atoms with van der Waals surface area (Å²) in [5.74, 6) is -0.398. The first kappa shape index (κ1) is 22.5. The molecule has 0 spiro atoms. The minimum absolute atomic E-state index is 0.113. The highest BCUT2D eigenvalue weighted by atomic mass is 32.2. The third-order valence-corrected chi connectivity index (χ3v) is 8.23. The third kappa shape index (κ3) is 5.08. The highest BCUT2D eigenvalue weighted by Gasteiger charge is 2.26. The van der Waals surface area contributed by atoms with Crippen LogP contribution in [0, 0.1) is 0 Å². The smallest absolute Gasteiger partial charge is 0.251 e. The summed E-state index contributed by atoms with van der Waals surface area (Å²) in [6, 6.07) is 12.0. The van der Waals surface area contributed by atoms with Gasteiger partial charge in [0.1, 0.15) is 0 Å². The normalized spacial score (nSPS) is 16.7. The fourth-order valence-corrected chi connectivity index (χ4v) is 5.61. The molecule has 1 unspecified atom stereocenters. The van der Waals surface area contributed by atoms with Crippen LogP contribution in [0.15, 0.2) is 58.3 Å². The molecule has 1 aliphatic rings. The Morgan fingerprint density at radius 1 is 0.933 bits per heavy atom. The minimum Gasteiger partial charge on any atom is -0.346 e. The number of rotatable bonds is 6. The first-order chi connectivity index (χ1) is 14.1. The van der Waals surface area contributed by atoms with E-state index in [2.05, 4.69) is 5.32 Å². The molecule has 1 N–H and O–H groups in total. The van der Waals surface area contributed by atoms with Gasteiger partial charge < -0.3 is 5.32 Å². The van der Waals surface area contributed by atoms with Crippen molar-refractivity contribution in [1.82, 2.24) is 9.62 Å². The summed E-state index contributed by atoms with van der Waals surface area (Å²) in [6.07, 6.45) is 3.85. The highest BCUT2D eigenvalue weighted by Crippen LogP contribution is 2.22. The maximum Gasteiger partial charge on any atom is 0.251 e. The average molecular weight is 451 g/mol. The van der Waals surface area contributed by atoms with E-state index in [1.165, 1.54) is 28.6 Å². The standard InChI is InChI=1S/C21H26N2O5S2/c1-16(17-9-11-19(12-10-17)29(2,25)26)22-21(24)18-7-6-8-20(15-18)30(27,28)23-13-4-3-5-14-23/h6-12,15-16H,3-5,13-14H2,1-2H3,(H,22,24). The molecule has 1 aliphatic heterocycles. The molecule has 0 radical (unpaired) electrons. The van der Waals surface area contributed by atoms with Crippen molar-refractivity contribution in [2.75, 3.05) is 19.3 Å². The van der Waals surface area contributed by atoms with Gasteiger partial charge in [0.2, 0.25) is 10.0 Å². The van der Waals surface area contributed by atoms with Crippen molar-refractivity contribution >= 4 is 25.8 Å². The van der Waals surface area contributed by atoms with Crippen molar-refractivity contribution in [3.05, 3.63) is 59.7 Å². The van der Waals surface area contributed by atoms with Gasteiger partial charge in [-0.1, -0.05) is 24.6 Å². The van der Waals surface area contributed by atoms with E-state index >= 15 is 0 Å². The fourth-order valence-electron chi connectivity index (χ4n) is 3.42. The summed E-state index contributed by atoms with van der Waals surface area (Å²) in [5.41, 5.74) is 1.00. The second-order valence-electron chi connectivity index (χ2n) is 7.53. The van der Waals surface area contributed by atoms with Gasteiger partial charge in [0, 0.05) is 24.9 Å². The molecule has 2 aromatic rings. The van der Waals surface area contributed by atoms with Gasteiger partial charge in [-0.05, 0) is 55.7 Å². The Balaban J connectivity index is 1.75. The van der Waals surface area contributed by atoms with E-state index in [0.29, 0.717) is 13.1 Å². The number of nitrogens with zero attached hydrogens (tertiary/aromatic N) is 1. The van der Waals surface area contributed by atoms with E-state index in [4.69, 9.17) is 0 Å². The van der Waals surface area contributed by atoms with E-state index in [0.717, 1.165) is 31.1 Å². The molecule has 0 aliphatic carbocycles. The molecular weight excluding hydrogens is 424 g/mol. The van der Waals surface area contributed by atoms with Crippen LogP contribution in [0.5, 0.6) is 0 Å². The molecule has 9 heteroatoms. The summed E-state index contributed by atoms with van der Waals surface area (Å²) >= 11 is 0. The Kier molecular flexibility index (Phi) is 6.64. The summed E-state index contributed by atoms with van der Waals surface area (Å²) < 4.78 is 50.4. The van der Waals surface area contributed by atoms with Crippen LogP contribution < -0.4 is 5.32 Å². The Bertz CT molecular complexity index is 1120. The van der Waals surface area contributed by atoms with Crippen molar-refractivity contribution in [1.29, 1.82) is 0 Å². The number of sulfonamides is 1. The Morgan fingerprint density at radius 2 is 1.57 bits per heavy atom. The molecular formula is C21H26N2O5S2. The predicted octanol–water partition coefficient (Wildman–Crippen LogP) is 2.76. The van der Waals surface area contributed by atoms with E-state index in [-0.39, 0.29) is 21.4 Å². The van der Waals surface area contributed by atoms with Crippen LogP contribution in [0.2, 0.25) is 0 Å². The molecule has 0 aromatic heterocycles. The molecule has 1 saturated heterocycles. The van der Waals surface area contributed by atoms with Gasteiger partial charge in [-0.25, -0.2) is 16.8 Å². The van der Waals surface area contributed by atoms with Gasteiger partial charge >= 0.3 is 0 Å². The van der Waals surface area contributed by atoms with E-state index < -0.39 is 25.8 Å². The summed E-state index contributed by atoms with van der Waals surface area (Å²) in [5, 5.41) is 2.83. The zero-order chi connectivity index (χ0) is 21.9. The molecule has 0 saturated carbocycles. The number of benzene rings is 2. The maximum atomic E-state index is 12.9. The number of nitrogens with one attached hydrogen (secondary N) is 1. The lowest BCUT2D eigenvalue weighted by atomic mass is 10.1. The lowest BCUT2D eigenvalue weighted by Gasteiger charge is -2.26. The zero-order valence-corrected chi connectivity index (χ0v) is 18.7. The number of carbonyl (C=O) groups is 1. The Morgan fingerprint density at radius 3 is 2.17 bits per heavy atom. The zero-order valence-electron chi connectivity index (χ0n) is 17.0. The van der Waals surface area contributed by atoms with Gasteiger partial charge in [0.25, 0.3) is 5.91 Å². The average Bonchev–Trinajstić information content (AvgIpc) is 2.74. The molecule has 1 amide bonds. The van der Waals surface area contributed by atoms with Crippen LogP contribution in [-0.2, 0) is 19.9 Å². The van der Waals surface area contributed by atoms with Crippen LogP contribution in [0.1, 0.15) is 48.1 Å². The van der Waals surface area contributed by atoms with Crippen molar-refractivity contribution < 1.29 is 21.6 Å². The fraction of sp³-hybridized carbons (Fsp3) is 0.381. The minimum atomic E-state index is -3.62. The SMILES string of the molecule is CC(NC(=O)c1cccc(S(=O)(=O)N2CCCCC2)c1)c1ccc(S(C)(=O)=O)cc1. The number of amides is 1. The van der Waals surface area contributed by atoms with Gasteiger partial charge in [-0.2, -0.15) is 4.31 Å². The van der Waals surface area contributed by atoms with Crippen molar-refractivity contribution in [2.45, 2.75) is 42.0 Å². The summed E-state index contributed by atoms with van der Waals surface area (Å²) in [6.45, 7) is 2.78. The molecule has 1 heterocycles. The number of piperidine rings is 1. The monoisotopic (exact) mass is 450 g/mol. The Labute approximate surface area is 178 Å². The van der Waals surface area contributed by atoms with Crippen LogP contribution in [0.3, 0.4) is 0 Å². The molecule has 3 rings (SSSR count). The quantitative estimate of drug-likeness (QED) is 0.729. The van der Waals surface area contributed by atoms with Crippen LogP contribution in [0.4, 0.5) is 0 Å². The second-order valence-corrected chi connectivity index (χ2v) is 11.5. The molecule has 30 heavy (non-hydrogen) atoms. The molecule has 2 aromatic carbocycles. The molecule has 7 nitrogen and oxygen atoms in total. The van der Waals surface area contributed by atoms with Crippen LogP contribution in [-0.4, -0.2) is 46.4 Å². The molecule has 1 atom stereocenters. The molecule has 0 bridgehead atoms. The van der Waals surface area contributed by atoms with Gasteiger partial charge in [0.15, 0.2) is 9.84 Å². The lowest BCUT2D eigenvalue weighted by Crippen LogP contribution is -2.35. The van der Waals surface area contributed by atoms with Gasteiger partial charge in [0.05, 0.1) is 15.8 Å². The first-order valence-corrected chi connectivity index (χ1v) is 13.1. The lowest BCUT2D eigenvalue weighted by molar-refractivity contribution is 0.0939. The van der Waals surface area contributed by atoms with E-state index in [1.54, 1.807) is 31.2 Å². The van der Waals surface area contributed by atoms with Gasteiger partial charge in [-0.15, -0.1) is 0 Å². The van der Waals surface area contributed by atoms with Crippen LogP contribution >= 0.6 is 0 Å². The van der Waals surface area contributed by atoms with Gasteiger partial charge in [-0.3, -0.25) is 4.79 Å². The summed E-state index contributed by atoms with van der Waals surface area (Å²) in [7, 11) is -6.91. The van der Waals surface area contributed by atoms with E-state index in [1.807, 2.05) is 0 Å². The Hall–Kier alpha value is -2.23. The largest absolute Gasteiger partial charge is 0.346 e.